The van der Waals surface area contributed by atoms with Gasteiger partial charge in [-0.3, -0.25) is 24.7 Å². The Bertz CT molecular complexity index is 2360. The van der Waals surface area contributed by atoms with Crippen molar-refractivity contribution in [1.82, 2.24) is 25.0 Å². The molecule has 13 nitrogen and oxygen atoms in total. The number of guanidine groups is 1. The number of piperidine rings is 3. The number of aryl methyl sites for hydroxylation is 2. The molecule has 0 spiro atoms. The van der Waals surface area contributed by atoms with Crippen LogP contribution in [0.1, 0.15) is 97.3 Å². The van der Waals surface area contributed by atoms with Crippen molar-refractivity contribution in [2.24, 2.45) is 23.9 Å². The number of hydrogen-bond donors (Lipinski definition) is 2. The number of fused-ring (bicyclic) bond motifs is 7. The van der Waals surface area contributed by atoms with Crippen LogP contribution in [-0.4, -0.2) is 89.2 Å². The maximum atomic E-state index is 15.3. The maximum absolute atomic E-state index is 15.3. The van der Waals surface area contributed by atoms with Gasteiger partial charge in [0.05, 0.1) is 41.4 Å². The SMILES string of the molecule is Cc1cc2cc(n1)-c1cnn(C)c1OCCC[C@@H](C)CN1/C(=N/C2=O)Nc2ccc(C3CCN(CC4CCN(c5cc(F)c([C@H]6CCC(=O)NC6=O)c(F)c5)CC4)CC3)cc21. The van der Waals surface area contributed by atoms with E-state index in [1.165, 1.54) is 17.7 Å². The first kappa shape index (κ1) is 40.7. The monoisotopic (exact) mass is 833 g/mol. The van der Waals surface area contributed by atoms with Gasteiger partial charge in [-0.05, 0) is 125 Å². The summed E-state index contributed by atoms with van der Waals surface area (Å²) in [6.45, 7) is 9.74. The van der Waals surface area contributed by atoms with Crippen molar-refractivity contribution in [3.8, 4) is 17.1 Å². The summed E-state index contributed by atoms with van der Waals surface area (Å²) in [6, 6.07) is 12.8. The van der Waals surface area contributed by atoms with Crippen LogP contribution in [0.25, 0.3) is 11.3 Å². The fraction of sp³-hybridized carbons (Fsp3) is 0.478. The Labute approximate surface area is 354 Å². The van der Waals surface area contributed by atoms with E-state index in [1.54, 1.807) is 23.0 Å². The highest BCUT2D eigenvalue weighted by atomic mass is 19.1. The van der Waals surface area contributed by atoms with Crippen molar-refractivity contribution in [2.45, 2.75) is 77.0 Å². The first-order chi connectivity index (χ1) is 29.5. The number of carbonyl (C=O) groups excluding carboxylic acids is 3. The third kappa shape index (κ3) is 8.49. The van der Waals surface area contributed by atoms with Crippen LogP contribution >= 0.6 is 0 Å². The Hall–Kier alpha value is -5.70. The van der Waals surface area contributed by atoms with E-state index in [2.05, 4.69) is 55.6 Å². The maximum Gasteiger partial charge on any atom is 0.280 e. The average molecular weight is 834 g/mol. The van der Waals surface area contributed by atoms with Gasteiger partial charge in [0.1, 0.15) is 11.6 Å². The molecule has 0 radical (unpaired) electrons. The van der Waals surface area contributed by atoms with Crippen molar-refractivity contribution in [1.29, 1.82) is 0 Å². The Kier molecular flexibility index (Phi) is 11.3. The molecule has 0 unspecified atom stereocenters. The molecule has 2 N–H and O–H groups in total. The second-order valence-corrected chi connectivity index (χ2v) is 17.6. The van der Waals surface area contributed by atoms with Crippen LogP contribution in [-0.2, 0) is 16.6 Å². The lowest BCUT2D eigenvalue weighted by Gasteiger charge is -2.38. The van der Waals surface area contributed by atoms with Crippen LogP contribution in [0.2, 0.25) is 0 Å². The number of benzene rings is 2. The van der Waals surface area contributed by atoms with Crippen LogP contribution in [0, 0.1) is 30.4 Å². The lowest BCUT2D eigenvalue weighted by molar-refractivity contribution is -0.134. The van der Waals surface area contributed by atoms with Gasteiger partial charge >= 0.3 is 0 Å². The molecular weight excluding hydrogens is 781 g/mol. The second-order valence-electron chi connectivity index (χ2n) is 17.6. The Morgan fingerprint density at radius 2 is 1.67 bits per heavy atom. The smallest absolute Gasteiger partial charge is 0.280 e. The Morgan fingerprint density at radius 3 is 2.43 bits per heavy atom. The van der Waals surface area contributed by atoms with Gasteiger partial charge in [0, 0.05) is 62.2 Å². The summed E-state index contributed by atoms with van der Waals surface area (Å²) in [5.74, 6) is -1.52. The molecule has 2 atom stereocenters. The zero-order valence-corrected chi connectivity index (χ0v) is 35.1. The summed E-state index contributed by atoms with van der Waals surface area (Å²) in [7, 11) is 1.85. The van der Waals surface area contributed by atoms with E-state index in [4.69, 9.17) is 9.72 Å². The van der Waals surface area contributed by atoms with Gasteiger partial charge in [-0.1, -0.05) is 13.0 Å². The highest BCUT2D eigenvalue weighted by Gasteiger charge is 2.34. The predicted molar refractivity (Wildman–Crippen MR) is 229 cm³/mol. The van der Waals surface area contributed by atoms with Gasteiger partial charge < -0.3 is 24.8 Å². The summed E-state index contributed by atoms with van der Waals surface area (Å²) in [4.78, 5) is 53.9. The number of carbonyl (C=O) groups is 3. The molecule has 7 heterocycles. The summed E-state index contributed by atoms with van der Waals surface area (Å²) in [5, 5.41) is 10.1. The number of nitrogens with one attached hydrogen (secondary N) is 2. The number of pyridine rings is 1. The van der Waals surface area contributed by atoms with Crippen molar-refractivity contribution in [2.75, 3.05) is 61.0 Å². The van der Waals surface area contributed by atoms with Crippen LogP contribution in [0.5, 0.6) is 5.88 Å². The van der Waals surface area contributed by atoms with E-state index in [-0.39, 0.29) is 24.3 Å². The van der Waals surface area contributed by atoms with Gasteiger partial charge in [-0.15, -0.1) is 0 Å². The molecular formula is C46H53F2N9O4. The normalized spacial score (nSPS) is 22.8. The molecule has 2 aromatic heterocycles. The molecule has 5 aliphatic heterocycles. The number of anilines is 3. The minimum atomic E-state index is -1.00. The molecule has 3 amide bonds. The summed E-state index contributed by atoms with van der Waals surface area (Å²) in [6.07, 6.45) is 7.62. The van der Waals surface area contributed by atoms with E-state index >= 15 is 8.78 Å². The van der Waals surface area contributed by atoms with Gasteiger partial charge in [0.15, 0.2) is 0 Å². The minimum absolute atomic E-state index is 0.0638. The number of halogens is 2. The van der Waals surface area contributed by atoms with Gasteiger partial charge in [-0.2, -0.15) is 10.1 Å². The zero-order chi connectivity index (χ0) is 42.4. The first-order valence-corrected chi connectivity index (χ1v) is 21.7. The third-order valence-electron chi connectivity index (χ3n) is 13.2. The lowest BCUT2D eigenvalue weighted by atomic mass is 9.87. The number of ether oxygens (including phenoxy) is 1. The van der Waals surface area contributed by atoms with Crippen molar-refractivity contribution < 1.29 is 27.9 Å². The van der Waals surface area contributed by atoms with Gasteiger partial charge in [0.2, 0.25) is 23.7 Å². The molecule has 3 saturated heterocycles. The number of likely N-dealkylation sites (tertiary alicyclic amines) is 1. The number of imide groups is 1. The van der Waals surface area contributed by atoms with Crippen molar-refractivity contribution >= 4 is 40.7 Å². The number of amides is 3. The zero-order valence-electron chi connectivity index (χ0n) is 35.1. The van der Waals surface area contributed by atoms with Gasteiger partial charge in [-0.25, -0.2) is 13.5 Å². The van der Waals surface area contributed by atoms with E-state index in [0.717, 1.165) is 75.1 Å². The second kappa shape index (κ2) is 17.0. The lowest BCUT2D eigenvalue weighted by Crippen LogP contribution is -2.41. The molecule has 4 aromatic rings. The molecule has 2 aromatic carbocycles. The molecule has 0 aliphatic carbocycles. The third-order valence-corrected chi connectivity index (χ3v) is 13.2. The minimum Gasteiger partial charge on any atom is -0.477 e. The molecule has 9 rings (SSSR count). The number of aliphatic imine (C=N–C) groups is 1. The fourth-order valence-electron chi connectivity index (χ4n) is 9.82. The summed E-state index contributed by atoms with van der Waals surface area (Å²) >= 11 is 0. The highest BCUT2D eigenvalue weighted by Crippen LogP contribution is 2.40. The number of nitrogens with zero attached hydrogens (tertiary/aromatic N) is 7. The molecule has 2 bridgehead atoms. The fourth-order valence-corrected chi connectivity index (χ4v) is 9.82. The Balaban J connectivity index is 0.833. The molecule has 3 fully saturated rings. The molecule has 15 heteroatoms. The standard InChI is InChI=1S/C46H53F2N9O4/c1-27-5-4-18-61-45-35(24-49-54(45)3)39-20-32(19-28(2)50-39)43(59)53-46-51-38-8-6-31(21-40(38)57(46)25-27)30-12-14-55(15-13-30)26-29-10-16-56(17-11-29)33-22-36(47)42(37(48)23-33)34-7-9-41(58)52-44(34)60/h6,8,19-24,27,29-30,34H,4-5,7,9-18,25-26H2,1-3H3,(H,51,53,59)(H,52,58,60)/t27-,34-/m1/s1. The molecule has 61 heavy (non-hydrogen) atoms. The summed E-state index contributed by atoms with van der Waals surface area (Å²) < 4.78 is 38.5. The number of rotatable bonds is 5. The quantitative estimate of drug-likeness (QED) is 0.204. The highest BCUT2D eigenvalue weighted by molar-refractivity contribution is 6.19. The van der Waals surface area contributed by atoms with Gasteiger partial charge in [0.25, 0.3) is 5.91 Å². The van der Waals surface area contributed by atoms with Crippen molar-refractivity contribution in [3.63, 3.8) is 0 Å². The van der Waals surface area contributed by atoms with E-state index in [9.17, 15) is 14.4 Å². The first-order valence-electron chi connectivity index (χ1n) is 21.7. The molecule has 320 valence electrons. The van der Waals surface area contributed by atoms with E-state index < -0.39 is 29.4 Å². The summed E-state index contributed by atoms with van der Waals surface area (Å²) in [5.41, 5.74) is 6.04. The molecule has 5 aliphatic rings. The predicted octanol–water partition coefficient (Wildman–Crippen LogP) is 6.92. The van der Waals surface area contributed by atoms with Crippen LogP contribution in [0.3, 0.4) is 0 Å². The van der Waals surface area contributed by atoms with Crippen LogP contribution in [0.15, 0.2) is 53.7 Å². The number of hydrogen-bond acceptors (Lipinski definition) is 10. The topological polar surface area (TPSA) is 137 Å². The van der Waals surface area contributed by atoms with E-state index in [1.807, 2.05) is 18.9 Å². The largest absolute Gasteiger partial charge is 0.477 e. The number of aromatic nitrogens is 3. The van der Waals surface area contributed by atoms with Crippen molar-refractivity contribution in [3.05, 3.63) is 82.7 Å². The average Bonchev–Trinajstić information content (AvgIpc) is 3.77. The Morgan fingerprint density at radius 1 is 0.902 bits per heavy atom. The van der Waals surface area contributed by atoms with Crippen LogP contribution in [0.4, 0.5) is 25.8 Å². The van der Waals surface area contributed by atoms with E-state index in [0.29, 0.717) is 78.5 Å². The molecule has 0 saturated carbocycles. The van der Waals surface area contributed by atoms with Crippen LogP contribution < -0.4 is 25.2 Å².